The summed E-state index contributed by atoms with van der Waals surface area (Å²) in [7, 11) is 1.84. The second-order valence-electron chi connectivity index (χ2n) is 6.61. The third-order valence-electron chi connectivity index (χ3n) is 4.95. The molecule has 1 aliphatic carbocycles. The smallest absolute Gasteiger partial charge is 0.191 e. The van der Waals surface area contributed by atoms with Crippen LogP contribution in [0.15, 0.2) is 40.9 Å². The molecule has 0 saturated carbocycles. The van der Waals surface area contributed by atoms with Gasteiger partial charge in [-0.15, -0.1) is 0 Å². The summed E-state index contributed by atoms with van der Waals surface area (Å²) in [5.41, 5.74) is 2.90. The van der Waals surface area contributed by atoms with Gasteiger partial charge in [0.15, 0.2) is 5.96 Å². The number of ether oxygens (including phenoxy) is 1. The highest BCUT2D eigenvalue weighted by molar-refractivity contribution is 5.79. The minimum Gasteiger partial charge on any atom is -0.493 e. The highest BCUT2D eigenvalue weighted by Crippen LogP contribution is 2.32. The largest absolute Gasteiger partial charge is 0.493 e. The van der Waals surface area contributed by atoms with Crippen LogP contribution in [0.3, 0.4) is 0 Å². The van der Waals surface area contributed by atoms with E-state index in [-0.39, 0.29) is 0 Å². The maximum absolute atomic E-state index is 5.74. The fraction of sp³-hybridized carbons (Fsp3) is 0.550. The number of allylic oxidation sites excluding steroid dienone is 1. The summed E-state index contributed by atoms with van der Waals surface area (Å²) in [5.74, 6) is 2.41. The van der Waals surface area contributed by atoms with Crippen LogP contribution in [-0.2, 0) is 0 Å². The lowest BCUT2D eigenvalue weighted by Gasteiger charge is -2.26. The summed E-state index contributed by atoms with van der Waals surface area (Å²) in [6, 6.07) is 8.36. The molecule has 2 aliphatic rings. The topological polar surface area (TPSA) is 45.7 Å². The van der Waals surface area contributed by atoms with E-state index >= 15 is 0 Å². The number of nitrogens with one attached hydrogen (secondary N) is 2. The highest BCUT2D eigenvalue weighted by Gasteiger charge is 2.21. The van der Waals surface area contributed by atoms with Gasteiger partial charge in [0.25, 0.3) is 0 Å². The van der Waals surface area contributed by atoms with E-state index < -0.39 is 0 Å². The zero-order chi connectivity index (χ0) is 16.6. The van der Waals surface area contributed by atoms with Gasteiger partial charge in [0, 0.05) is 26.1 Å². The van der Waals surface area contributed by atoms with Crippen molar-refractivity contribution in [3.8, 4) is 5.75 Å². The van der Waals surface area contributed by atoms with E-state index in [1.165, 1.54) is 31.2 Å². The van der Waals surface area contributed by atoms with Crippen molar-refractivity contribution in [1.82, 2.24) is 10.6 Å². The van der Waals surface area contributed by atoms with Crippen LogP contribution in [0.25, 0.3) is 0 Å². The lowest BCUT2D eigenvalue weighted by Crippen LogP contribution is -2.40. The first-order valence-electron chi connectivity index (χ1n) is 9.21. The number of aliphatic imine (C=N–C) groups is 1. The number of hydrogen-bond acceptors (Lipinski definition) is 2. The van der Waals surface area contributed by atoms with Crippen molar-refractivity contribution >= 4 is 5.96 Å². The fourth-order valence-corrected chi connectivity index (χ4v) is 3.54. The maximum Gasteiger partial charge on any atom is 0.191 e. The molecule has 1 atom stereocenters. The van der Waals surface area contributed by atoms with E-state index in [1.807, 2.05) is 13.1 Å². The van der Waals surface area contributed by atoms with Crippen molar-refractivity contribution in [2.45, 2.75) is 44.4 Å². The van der Waals surface area contributed by atoms with E-state index in [9.17, 15) is 0 Å². The Labute approximate surface area is 145 Å². The molecular formula is C20H29N3O. The van der Waals surface area contributed by atoms with Gasteiger partial charge in [-0.25, -0.2) is 0 Å². The van der Waals surface area contributed by atoms with Gasteiger partial charge in [0.05, 0.1) is 6.61 Å². The SMILES string of the molecule is CN=C(NCCC1=CCCCC1)NCC1CCOc2ccccc21. The average Bonchev–Trinajstić information content (AvgIpc) is 2.65. The molecule has 4 heteroatoms. The Morgan fingerprint density at radius 1 is 1.25 bits per heavy atom. The fourth-order valence-electron chi connectivity index (χ4n) is 3.54. The number of rotatable bonds is 5. The first-order valence-corrected chi connectivity index (χ1v) is 9.21. The Balaban J connectivity index is 1.45. The molecule has 130 valence electrons. The molecule has 24 heavy (non-hydrogen) atoms. The molecule has 0 spiro atoms. The summed E-state index contributed by atoms with van der Waals surface area (Å²) < 4.78 is 5.74. The molecule has 1 unspecified atom stereocenters. The maximum atomic E-state index is 5.74. The van der Waals surface area contributed by atoms with E-state index in [0.29, 0.717) is 5.92 Å². The van der Waals surface area contributed by atoms with E-state index in [4.69, 9.17) is 4.74 Å². The molecule has 1 aliphatic heterocycles. The van der Waals surface area contributed by atoms with Gasteiger partial charge >= 0.3 is 0 Å². The summed E-state index contributed by atoms with van der Waals surface area (Å²) in [6.45, 7) is 2.64. The molecule has 1 aromatic carbocycles. The molecule has 2 N–H and O–H groups in total. The molecule has 4 nitrogen and oxygen atoms in total. The van der Waals surface area contributed by atoms with Gasteiger partial charge in [0.1, 0.15) is 5.75 Å². The number of guanidine groups is 1. The predicted molar refractivity (Wildman–Crippen MR) is 99.8 cm³/mol. The second-order valence-corrected chi connectivity index (χ2v) is 6.61. The van der Waals surface area contributed by atoms with Gasteiger partial charge in [-0.3, -0.25) is 4.99 Å². The average molecular weight is 327 g/mol. The lowest BCUT2D eigenvalue weighted by atomic mass is 9.93. The third-order valence-corrected chi connectivity index (χ3v) is 4.95. The van der Waals surface area contributed by atoms with Crippen LogP contribution in [0.2, 0.25) is 0 Å². The molecule has 0 aromatic heterocycles. The van der Waals surface area contributed by atoms with Gasteiger partial charge < -0.3 is 15.4 Å². The quantitative estimate of drug-likeness (QED) is 0.493. The normalized spacial score (nSPS) is 20.6. The monoisotopic (exact) mass is 327 g/mol. The molecule has 0 bridgehead atoms. The number of benzene rings is 1. The summed E-state index contributed by atoms with van der Waals surface area (Å²) >= 11 is 0. The van der Waals surface area contributed by atoms with Crippen LogP contribution < -0.4 is 15.4 Å². The minimum atomic E-state index is 0.481. The Morgan fingerprint density at radius 2 is 2.17 bits per heavy atom. The molecule has 0 fully saturated rings. The highest BCUT2D eigenvalue weighted by atomic mass is 16.5. The summed E-state index contributed by atoms with van der Waals surface area (Å²) in [6.07, 6.45) is 9.82. The Morgan fingerprint density at radius 3 is 3.00 bits per heavy atom. The molecule has 0 saturated heterocycles. The lowest BCUT2D eigenvalue weighted by molar-refractivity contribution is 0.267. The molecule has 0 radical (unpaired) electrons. The molecule has 1 heterocycles. The Hall–Kier alpha value is -1.97. The van der Waals surface area contributed by atoms with Crippen LogP contribution in [0, 0.1) is 0 Å². The van der Waals surface area contributed by atoms with Crippen molar-refractivity contribution in [3.63, 3.8) is 0 Å². The number of hydrogen-bond donors (Lipinski definition) is 2. The number of para-hydroxylation sites is 1. The van der Waals surface area contributed by atoms with E-state index in [1.54, 1.807) is 5.57 Å². The van der Waals surface area contributed by atoms with Crippen molar-refractivity contribution in [3.05, 3.63) is 41.5 Å². The standard InChI is InChI=1S/C20H29N3O/c1-21-20(22-13-11-16-7-3-2-4-8-16)23-15-17-12-14-24-19-10-6-5-9-18(17)19/h5-7,9-10,17H,2-4,8,11-15H2,1H3,(H2,21,22,23). The van der Waals surface area contributed by atoms with Crippen LogP contribution in [0.4, 0.5) is 0 Å². The number of fused-ring (bicyclic) bond motifs is 1. The van der Waals surface area contributed by atoms with Crippen molar-refractivity contribution in [2.75, 3.05) is 26.7 Å². The van der Waals surface area contributed by atoms with Gasteiger partial charge in [0.2, 0.25) is 0 Å². The van der Waals surface area contributed by atoms with Crippen molar-refractivity contribution in [1.29, 1.82) is 0 Å². The molecule has 3 rings (SSSR count). The zero-order valence-electron chi connectivity index (χ0n) is 14.7. The van der Waals surface area contributed by atoms with Gasteiger partial charge in [-0.2, -0.15) is 0 Å². The Kier molecular flexibility index (Phi) is 6.16. The Bertz CT molecular complexity index is 594. The summed E-state index contributed by atoms with van der Waals surface area (Å²) in [4.78, 5) is 4.35. The minimum absolute atomic E-state index is 0.481. The number of nitrogens with zero attached hydrogens (tertiary/aromatic N) is 1. The van der Waals surface area contributed by atoms with Gasteiger partial charge in [-0.1, -0.05) is 29.8 Å². The predicted octanol–water partition coefficient (Wildman–Crippen LogP) is 3.61. The molecule has 0 amide bonds. The summed E-state index contributed by atoms with van der Waals surface area (Å²) in [5, 5.41) is 6.93. The van der Waals surface area contributed by atoms with Crippen molar-refractivity contribution < 1.29 is 4.74 Å². The van der Waals surface area contributed by atoms with Gasteiger partial charge in [-0.05, 0) is 50.2 Å². The second kappa shape index (κ2) is 8.76. The van der Waals surface area contributed by atoms with Crippen LogP contribution in [0.5, 0.6) is 5.75 Å². The van der Waals surface area contributed by atoms with E-state index in [2.05, 4.69) is 39.9 Å². The van der Waals surface area contributed by atoms with Crippen LogP contribution in [-0.4, -0.2) is 32.7 Å². The third kappa shape index (κ3) is 4.53. The zero-order valence-corrected chi connectivity index (χ0v) is 14.7. The first kappa shape index (κ1) is 16.9. The first-order chi connectivity index (χ1) is 11.9. The molecular weight excluding hydrogens is 298 g/mol. The van der Waals surface area contributed by atoms with Crippen molar-refractivity contribution in [2.24, 2.45) is 4.99 Å². The van der Waals surface area contributed by atoms with Crippen LogP contribution >= 0.6 is 0 Å². The van der Waals surface area contributed by atoms with Crippen LogP contribution in [0.1, 0.15) is 50.0 Å². The van der Waals surface area contributed by atoms with E-state index in [0.717, 1.165) is 44.2 Å². The molecule has 1 aromatic rings.